The van der Waals surface area contributed by atoms with Crippen LogP contribution in [0.25, 0.3) is 0 Å². The van der Waals surface area contributed by atoms with Crippen molar-refractivity contribution < 1.29 is 17.9 Å². The number of pyridine rings is 1. The zero-order chi connectivity index (χ0) is 16.4. The molecule has 0 radical (unpaired) electrons. The molecule has 1 saturated heterocycles. The van der Waals surface area contributed by atoms with Crippen molar-refractivity contribution in [2.24, 2.45) is 13.0 Å². The molecule has 0 amide bonds. The first-order chi connectivity index (χ1) is 10.9. The minimum atomic E-state index is -4.44. The van der Waals surface area contributed by atoms with Gasteiger partial charge in [-0.25, -0.2) is 0 Å². The van der Waals surface area contributed by atoms with Gasteiger partial charge in [0.25, 0.3) is 0 Å². The summed E-state index contributed by atoms with van der Waals surface area (Å²) in [6.07, 6.45) is -0.820. The van der Waals surface area contributed by atoms with Crippen molar-refractivity contribution >= 4 is 5.69 Å². The van der Waals surface area contributed by atoms with Gasteiger partial charge in [-0.1, -0.05) is 0 Å². The van der Waals surface area contributed by atoms with Crippen molar-refractivity contribution in [2.75, 3.05) is 18.5 Å². The Morgan fingerprint density at radius 1 is 1.35 bits per heavy atom. The number of rotatable bonds is 4. The molecule has 2 atom stereocenters. The predicted octanol–water partition coefficient (Wildman–Crippen LogP) is 3.02. The van der Waals surface area contributed by atoms with E-state index in [9.17, 15) is 13.2 Å². The number of hydrogen-bond acceptors (Lipinski definition) is 4. The van der Waals surface area contributed by atoms with Crippen molar-refractivity contribution in [3.8, 4) is 0 Å². The third-order valence-corrected chi connectivity index (χ3v) is 3.98. The van der Waals surface area contributed by atoms with Gasteiger partial charge in [0.15, 0.2) is 0 Å². The molecule has 8 heteroatoms. The Labute approximate surface area is 131 Å². The van der Waals surface area contributed by atoms with Crippen LogP contribution in [0.2, 0.25) is 0 Å². The second-order valence-corrected chi connectivity index (χ2v) is 5.53. The van der Waals surface area contributed by atoms with Crippen molar-refractivity contribution in [2.45, 2.75) is 18.7 Å². The molecule has 3 heterocycles. The summed E-state index contributed by atoms with van der Waals surface area (Å²) in [7, 11) is 1.85. The summed E-state index contributed by atoms with van der Waals surface area (Å²) in [5.74, 6) is 0.174. The standard InChI is InChI=1S/C15H17F3N4O/c1-22-12(3-6-21-22)14-10(4-7-23-14)9-20-11-2-5-19-13(8-11)15(16,17)18/h2-3,5-6,8,10,14H,4,7,9H2,1H3,(H,19,20)/t10-,14+/m0/s1. The molecule has 0 saturated carbocycles. The van der Waals surface area contributed by atoms with Crippen LogP contribution in [0.15, 0.2) is 30.6 Å². The molecule has 1 aliphatic rings. The molecule has 1 fully saturated rings. The normalized spacial score (nSPS) is 21.6. The second-order valence-electron chi connectivity index (χ2n) is 5.53. The van der Waals surface area contributed by atoms with E-state index in [4.69, 9.17) is 4.74 Å². The van der Waals surface area contributed by atoms with E-state index in [-0.39, 0.29) is 12.0 Å². The number of alkyl halides is 3. The fourth-order valence-corrected chi connectivity index (χ4v) is 2.78. The van der Waals surface area contributed by atoms with Gasteiger partial charge in [-0.2, -0.15) is 18.3 Å². The molecule has 1 N–H and O–H groups in total. The van der Waals surface area contributed by atoms with E-state index < -0.39 is 11.9 Å². The highest BCUT2D eigenvalue weighted by molar-refractivity contribution is 5.43. The maximum absolute atomic E-state index is 12.7. The summed E-state index contributed by atoms with van der Waals surface area (Å²) in [5.41, 5.74) is 0.483. The first-order valence-electron chi connectivity index (χ1n) is 7.32. The smallest absolute Gasteiger partial charge is 0.385 e. The molecule has 124 valence electrons. The molecule has 0 aliphatic carbocycles. The Balaban J connectivity index is 1.67. The van der Waals surface area contributed by atoms with E-state index in [0.29, 0.717) is 18.8 Å². The SMILES string of the molecule is Cn1nccc1[C@@H]1OCC[C@H]1CNc1ccnc(C(F)(F)F)c1. The lowest BCUT2D eigenvalue weighted by atomic mass is 9.99. The molecule has 0 spiro atoms. The maximum atomic E-state index is 12.7. The summed E-state index contributed by atoms with van der Waals surface area (Å²) in [6, 6.07) is 4.45. The molecule has 0 unspecified atom stereocenters. The van der Waals surface area contributed by atoms with Crippen LogP contribution in [0.3, 0.4) is 0 Å². The minimum absolute atomic E-state index is 0.0982. The molecular formula is C15H17F3N4O. The number of halogens is 3. The molecule has 2 aromatic heterocycles. The van der Waals surface area contributed by atoms with E-state index >= 15 is 0 Å². The van der Waals surface area contributed by atoms with Gasteiger partial charge < -0.3 is 10.1 Å². The number of ether oxygens (including phenoxy) is 1. The predicted molar refractivity (Wildman–Crippen MR) is 77.7 cm³/mol. The number of nitrogens with one attached hydrogen (secondary N) is 1. The van der Waals surface area contributed by atoms with E-state index in [1.54, 1.807) is 10.9 Å². The molecule has 0 bridgehead atoms. The van der Waals surface area contributed by atoms with Gasteiger partial charge in [-0.3, -0.25) is 9.67 Å². The Morgan fingerprint density at radius 2 is 2.17 bits per heavy atom. The van der Waals surface area contributed by atoms with E-state index in [1.807, 2.05) is 13.1 Å². The lowest BCUT2D eigenvalue weighted by molar-refractivity contribution is -0.141. The van der Waals surface area contributed by atoms with Crippen LogP contribution in [0.4, 0.5) is 18.9 Å². The van der Waals surface area contributed by atoms with E-state index in [1.165, 1.54) is 6.07 Å². The molecule has 0 aromatic carbocycles. The number of hydrogen-bond donors (Lipinski definition) is 1. The van der Waals surface area contributed by atoms with E-state index in [0.717, 1.165) is 24.4 Å². The van der Waals surface area contributed by atoms with Crippen molar-refractivity contribution in [1.82, 2.24) is 14.8 Å². The van der Waals surface area contributed by atoms with Gasteiger partial charge in [-0.05, 0) is 24.6 Å². The first kappa shape index (κ1) is 15.8. The highest BCUT2D eigenvalue weighted by Gasteiger charge is 2.33. The van der Waals surface area contributed by atoms with E-state index in [2.05, 4.69) is 15.4 Å². The maximum Gasteiger partial charge on any atom is 0.433 e. The van der Waals surface area contributed by atoms with Gasteiger partial charge in [0.1, 0.15) is 11.8 Å². The zero-order valence-corrected chi connectivity index (χ0v) is 12.5. The molecule has 1 aliphatic heterocycles. The molecule has 23 heavy (non-hydrogen) atoms. The Morgan fingerprint density at radius 3 is 2.87 bits per heavy atom. The number of aromatic nitrogens is 3. The second kappa shape index (κ2) is 6.19. The molecule has 5 nitrogen and oxygen atoms in total. The molecule has 3 rings (SSSR count). The van der Waals surface area contributed by atoms with Crippen LogP contribution in [-0.2, 0) is 18.0 Å². The number of nitrogens with zero attached hydrogens (tertiary/aromatic N) is 3. The summed E-state index contributed by atoms with van der Waals surface area (Å²) >= 11 is 0. The van der Waals surface area contributed by atoms with Gasteiger partial charge in [0, 0.05) is 44.2 Å². The molecule has 2 aromatic rings. The van der Waals surface area contributed by atoms with Gasteiger partial charge >= 0.3 is 6.18 Å². The summed E-state index contributed by atoms with van der Waals surface area (Å²) in [4.78, 5) is 3.36. The summed E-state index contributed by atoms with van der Waals surface area (Å²) in [6.45, 7) is 1.16. The largest absolute Gasteiger partial charge is 0.433 e. The Kier molecular flexibility index (Phi) is 4.25. The summed E-state index contributed by atoms with van der Waals surface area (Å²) in [5, 5.41) is 7.20. The van der Waals surface area contributed by atoms with Crippen LogP contribution in [-0.4, -0.2) is 27.9 Å². The highest BCUT2D eigenvalue weighted by atomic mass is 19.4. The molecular weight excluding hydrogens is 309 g/mol. The minimum Gasteiger partial charge on any atom is -0.385 e. The average Bonchev–Trinajstić information content (AvgIpc) is 3.12. The Hall–Kier alpha value is -2.09. The van der Waals surface area contributed by atoms with Crippen molar-refractivity contribution in [3.63, 3.8) is 0 Å². The van der Waals surface area contributed by atoms with Gasteiger partial charge in [0.05, 0.1) is 5.69 Å². The summed E-state index contributed by atoms with van der Waals surface area (Å²) < 4.78 is 45.6. The van der Waals surface area contributed by atoms with Crippen LogP contribution in [0.5, 0.6) is 0 Å². The monoisotopic (exact) mass is 326 g/mol. The lowest BCUT2D eigenvalue weighted by Gasteiger charge is -2.20. The first-order valence-corrected chi connectivity index (χ1v) is 7.32. The zero-order valence-electron chi connectivity index (χ0n) is 12.5. The van der Waals surface area contributed by atoms with Gasteiger partial charge in [-0.15, -0.1) is 0 Å². The quantitative estimate of drug-likeness (QED) is 0.938. The third kappa shape index (κ3) is 3.47. The topological polar surface area (TPSA) is 52.0 Å². The average molecular weight is 326 g/mol. The van der Waals surface area contributed by atoms with Crippen LogP contribution < -0.4 is 5.32 Å². The lowest BCUT2D eigenvalue weighted by Crippen LogP contribution is -2.20. The Bertz CT molecular complexity index is 671. The van der Waals surface area contributed by atoms with Crippen molar-refractivity contribution in [3.05, 3.63) is 42.0 Å². The third-order valence-electron chi connectivity index (χ3n) is 3.98. The fourth-order valence-electron chi connectivity index (χ4n) is 2.78. The van der Waals surface area contributed by atoms with Gasteiger partial charge in [0.2, 0.25) is 0 Å². The van der Waals surface area contributed by atoms with Crippen molar-refractivity contribution in [1.29, 1.82) is 0 Å². The van der Waals surface area contributed by atoms with Crippen LogP contribution in [0, 0.1) is 5.92 Å². The van der Waals surface area contributed by atoms with Crippen LogP contribution >= 0.6 is 0 Å². The highest BCUT2D eigenvalue weighted by Crippen LogP contribution is 2.34. The fraction of sp³-hybridized carbons (Fsp3) is 0.467. The number of aryl methyl sites for hydroxylation is 1. The van der Waals surface area contributed by atoms with Crippen LogP contribution in [0.1, 0.15) is 23.9 Å². The number of anilines is 1.